The third-order valence-electron chi connectivity index (χ3n) is 16.6. The molecule has 0 bridgehead atoms. The first-order chi connectivity index (χ1) is 36.9. The molecule has 0 fully saturated rings. The first kappa shape index (κ1) is 63.6. The number of aryl methyl sites for hydroxylation is 4. The summed E-state index contributed by atoms with van der Waals surface area (Å²) in [5.41, 5.74) is 6.62. The van der Waals surface area contributed by atoms with E-state index in [2.05, 4.69) is 150 Å². The van der Waals surface area contributed by atoms with Crippen molar-refractivity contribution >= 4 is 150 Å². The van der Waals surface area contributed by atoms with Crippen molar-refractivity contribution in [1.82, 2.24) is 0 Å². The van der Waals surface area contributed by atoms with Crippen LogP contribution < -0.4 is 5.79 Å². The van der Waals surface area contributed by atoms with Gasteiger partial charge in [0, 0.05) is 0 Å². The number of unbranched alkanes of at least 4 members (excludes halogenated alkanes) is 28. The van der Waals surface area contributed by atoms with Gasteiger partial charge in [0.1, 0.15) is 0 Å². The van der Waals surface area contributed by atoms with Crippen molar-refractivity contribution in [3.8, 4) is 20.9 Å². The van der Waals surface area contributed by atoms with Crippen LogP contribution in [0.2, 0.25) is 29.6 Å². The molecule has 6 heterocycles. The number of hydrogen-bond donors (Lipinski definition) is 0. The summed E-state index contributed by atoms with van der Waals surface area (Å²) < 4.78 is 13.1. The fourth-order valence-corrected chi connectivity index (χ4v) is 31.0. The van der Waals surface area contributed by atoms with Crippen LogP contribution >= 0.6 is 68.0 Å². The van der Waals surface area contributed by atoms with Crippen LogP contribution in [0.1, 0.15) is 254 Å². The average Bonchev–Trinajstić information content (AvgIpc) is 4.36. The Labute approximate surface area is 498 Å². The van der Waals surface area contributed by atoms with Gasteiger partial charge in [0.2, 0.25) is 0 Å². The predicted molar refractivity (Wildman–Crippen MR) is 366 cm³/mol. The van der Waals surface area contributed by atoms with E-state index in [0.29, 0.717) is 0 Å². The average molecular weight is 1350 g/mol. The van der Waals surface area contributed by atoms with Crippen LogP contribution in [0, 0.1) is 0 Å². The Kier molecular flexibility index (Phi) is 27.4. The molecule has 0 aliphatic heterocycles. The number of rotatable bonds is 40. The van der Waals surface area contributed by atoms with Crippen LogP contribution in [0.15, 0.2) is 24.3 Å². The molecule has 0 N–H and O–H groups in total. The maximum absolute atomic E-state index is 2.78. The van der Waals surface area contributed by atoms with Crippen molar-refractivity contribution in [3.63, 3.8) is 0 Å². The summed E-state index contributed by atoms with van der Waals surface area (Å²) >= 11 is 8.54. The van der Waals surface area contributed by atoms with Gasteiger partial charge in [0.05, 0.1) is 0 Å². The van der Waals surface area contributed by atoms with E-state index >= 15 is 0 Å². The van der Waals surface area contributed by atoms with E-state index in [-0.39, 0.29) is 0 Å². The molecule has 0 saturated heterocycles. The molecule has 0 saturated carbocycles. The van der Waals surface area contributed by atoms with E-state index in [4.69, 9.17) is 0 Å². The van der Waals surface area contributed by atoms with E-state index in [1.165, 1.54) is 231 Å². The molecule has 0 atom stereocenters. The maximum atomic E-state index is 2.78. The third kappa shape index (κ3) is 18.0. The summed E-state index contributed by atoms with van der Waals surface area (Å²) in [6, 6.07) is 11.0. The van der Waals surface area contributed by atoms with Crippen molar-refractivity contribution in [1.29, 1.82) is 0 Å². The smallest absolute Gasteiger partial charge is 0.0654 e. The zero-order valence-corrected chi connectivity index (χ0v) is 60.8. The van der Waals surface area contributed by atoms with Gasteiger partial charge < -0.3 is 0 Å². The van der Waals surface area contributed by atoms with Gasteiger partial charge in [-0.15, -0.1) is 0 Å². The fraction of sp³-hybridized carbons (Fsp3) is 0.676. The summed E-state index contributed by atoms with van der Waals surface area (Å²) in [6.07, 6.45) is 49.5. The predicted octanol–water partition coefficient (Wildman–Crippen LogP) is 25.8. The Morgan fingerprint density at radius 3 is 0.855 bits per heavy atom. The second kappa shape index (κ2) is 32.8. The Bertz CT molecular complexity index is 2500. The molecule has 0 radical (unpaired) electrons. The molecule has 6 aromatic heterocycles. The summed E-state index contributed by atoms with van der Waals surface area (Å²) in [7, 11) is 0. The van der Waals surface area contributed by atoms with Crippen molar-refractivity contribution in [2.45, 2.75) is 288 Å². The molecular weight excluding hydrogens is 1250 g/mol. The Hall–Kier alpha value is 0.0574. The van der Waals surface area contributed by atoms with E-state index in [9.17, 15) is 0 Å². The first-order valence-corrected chi connectivity index (χ1v) is 56.9. The van der Waals surface area contributed by atoms with Crippen molar-refractivity contribution in [2.24, 2.45) is 0 Å². The summed E-state index contributed by atoms with van der Waals surface area (Å²) in [4.78, 5) is 22.5. The minimum atomic E-state index is -2.37. The molecule has 0 spiro atoms. The standard InChI is InChI=1S/C62H88S6.6CH3.2Sn/c1-5-9-13-17-21-25-29-33-37-47-45-53(65-49(47)39-35-31-27-23-19-15-11-7-3)55-57-59-51(41-43-63-59)68-62(57)56(58-60-52(42-44-64-60)67-61(55)58)54-46-48(38-34-30-26-22-18-14-10-6-2)50(66-54)40-36-32-28-24-20-16-12-8-4;;;;;;;;/h41-42,45-46H,5-40H2,1-4H3;6*1H3;;. The Balaban J connectivity index is 1.35. The van der Waals surface area contributed by atoms with Gasteiger partial charge in [0.15, 0.2) is 0 Å². The number of benzene rings is 1. The molecule has 7 aromatic rings. The van der Waals surface area contributed by atoms with Crippen LogP contribution in [-0.2, 0) is 25.7 Å². The molecule has 422 valence electrons. The Morgan fingerprint density at radius 2 is 0.566 bits per heavy atom. The van der Waals surface area contributed by atoms with Gasteiger partial charge in [0.25, 0.3) is 0 Å². The zero-order valence-electron chi connectivity index (χ0n) is 50.2. The quantitative estimate of drug-likeness (QED) is 0.0265. The molecular formula is C68H106S6Sn2. The minimum Gasteiger partial charge on any atom is -0.0654 e. The van der Waals surface area contributed by atoms with Crippen molar-refractivity contribution in [3.05, 3.63) is 45.1 Å². The third-order valence-corrected chi connectivity index (χ3v) is 42.8. The SMILES string of the molecule is CCCCCCCCCCc1cc(-c2c3sc4c[c]([Sn]([CH3])([CH3])[CH3])sc4c3c(-c3cc(CCCCCCCCCC)c(CCCCCCCCCC)s3)c3sc4c[c]([Sn]([CH3])([CH3])[CH3])sc4c23)sc1CCCCCCCCCC. The van der Waals surface area contributed by atoms with Crippen molar-refractivity contribution in [2.75, 3.05) is 0 Å². The van der Waals surface area contributed by atoms with Crippen LogP contribution in [0.3, 0.4) is 0 Å². The van der Waals surface area contributed by atoms with Gasteiger partial charge >= 0.3 is 348 Å². The van der Waals surface area contributed by atoms with Gasteiger partial charge in [-0.05, 0) is 0 Å². The van der Waals surface area contributed by atoms with Gasteiger partial charge in [-0.1, -0.05) is 156 Å². The molecule has 0 aliphatic rings. The van der Waals surface area contributed by atoms with E-state index in [0.717, 1.165) is 0 Å². The minimum absolute atomic E-state index is 1.25. The van der Waals surface area contributed by atoms with Gasteiger partial charge in [-0.2, -0.15) is 0 Å². The second-order valence-corrected chi connectivity index (χ2v) is 62.8. The van der Waals surface area contributed by atoms with Crippen LogP contribution in [0.25, 0.3) is 59.9 Å². The van der Waals surface area contributed by atoms with E-state index in [1.54, 1.807) is 86.5 Å². The molecule has 0 amide bonds. The monoisotopic (exact) mass is 1350 g/mol. The van der Waals surface area contributed by atoms with Crippen LogP contribution in [0.4, 0.5) is 0 Å². The summed E-state index contributed by atoms with van der Waals surface area (Å²) in [6.45, 7) is 9.37. The molecule has 7 rings (SSSR count). The number of thiophene rings is 6. The number of hydrogen-bond acceptors (Lipinski definition) is 6. The van der Waals surface area contributed by atoms with Crippen LogP contribution in [0.5, 0.6) is 0 Å². The molecule has 8 heteroatoms. The summed E-state index contributed by atoms with van der Waals surface area (Å²) in [5, 5.41) is 3.25. The fourth-order valence-electron chi connectivity index (χ4n) is 11.8. The van der Waals surface area contributed by atoms with Crippen molar-refractivity contribution < 1.29 is 0 Å². The molecule has 76 heavy (non-hydrogen) atoms. The second-order valence-electron chi connectivity index (χ2n) is 25.5. The zero-order chi connectivity index (χ0) is 53.9. The normalized spacial score (nSPS) is 12.7. The van der Waals surface area contributed by atoms with Gasteiger partial charge in [-0.3, -0.25) is 0 Å². The van der Waals surface area contributed by atoms with E-state index < -0.39 is 36.8 Å². The number of fused-ring (bicyclic) bond motifs is 6. The first-order valence-electron chi connectivity index (χ1n) is 32.0. The molecule has 1 aromatic carbocycles. The van der Waals surface area contributed by atoms with E-state index in [1.807, 2.05) is 0 Å². The topological polar surface area (TPSA) is 0 Å². The molecule has 0 aliphatic carbocycles. The Morgan fingerprint density at radius 1 is 0.289 bits per heavy atom. The molecule has 0 nitrogen and oxygen atoms in total. The van der Waals surface area contributed by atoms with Crippen LogP contribution in [-0.4, -0.2) is 36.8 Å². The van der Waals surface area contributed by atoms with Gasteiger partial charge in [-0.25, -0.2) is 0 Å². The summed E-state index contributed by atoms with van der Waals surface area (Å²) in [5.74, 6) is 0. The molecule has 0 unspecified atom stereocenters.